The van der Waals surface area contributed by atoms with Crippen molar-refractivity contribution in [2.24, 2.45) is 5.92 Å². The first kappa shape index (κ1) is 14.1. The molecule has 4 N–H and O–H groups in total. The van der Waals surface area contributed by atoms with Crippen LogP contribution in [0.2, 0.25) is 0 Å². The summed E-state index contributed by atoms with van der Waals surface area (Å²) in [5.41, 5.74) is 5.76. The number of aromatic nitrogens is 1. The fourth-order valence-electron chi connectivity index (χ4n) is 1.71. The number of methoxy groups -OCH3 is 1. The third kappa shape index (κ3) is 4.36. The summed E-state index contributed by atoms with van der Waals surface area (Å²) in [6, 6.07) is 0. The van der Waals surface area contributed by atoms with Gasteiger partial charge in [0, 0.05) is 20.2 Å². The van der Waals surface area contributed by atoms with Crippen molar-refractivity contribution in [3.8, 4) is 0 Å². The van der Waals surface area contributed by atoms with Gasteiger partial charge in [-0.15, -0.1) is 0 Å². The molecule has 1 fully saturated rings. The van der Waals surface area contributed by atoms with Crippen LogP contribution in [0.15, 0.2) is 0 Å². The zero-order valence-corrected chi connectivity index (χ0v) is 11.9. The normalized spacial score (nSPS) is 14.4. The largest absolute Gasteiger partial charge is 0.383 e. The molecule has 0 aliphatic heterocycles. The van der Waals surface area contributed by atoms with Gasteiger partial charge in [0.25, 0.3) is 5.91 Å². The fraction of sp³-hybridized carbons (Fsp3) is 0.667. The summed E-state index contributed by atoms with van der Waals surface area (Å²) in [7, 11) is 1.64. The number of anilines is 2. The van der Waals surface area contributed by atoms with Crippen molar-refractivity contribution in [3.05, 3.63) is 4.88 Å². The van der Waals surface area contributed by atoms with E-state index >= 15 is 0 Å². The Kier molecular flexibility index (Phi) is 4.98. The van der Waals surface area contributed by atoms with Gasteiger partial charge in [0.1, 0.15) is 10.7 Å². The number of amides is 1. The number of carbonyl (C=O) groups excluding carboxylic acids is 1. The number of nitrogens with two attached hydrogens (primary N) is 1. The fourth-order valence-corrected chi connectivity index (χ4v) is 2.53. The number of nitrogens with one attached hydrogen (secondary N) is 2. The van der Waals surface area contributed by atoms with Crippen molar-refractivity contribution in [1.29, 1.82) is 0 Å². The van der Waals surface area contributed by atoms with Crippen molar-refractivity contribution >= 4 is 28.2 Å². The van der Waals surface area contributed by atoms with Gasteiger partial charge in [-0.05, 0) is 12.3 Å². The average molecular weight is 284 g/mol. The third-order valence-corrected chi connectivity index (χ3v) is 4.00. The molecular weight excluding hydrogens is 264 g/mol. The molecule has 0 saturated heterocycles. The highest BCUT2D eigenvalue weighted by atomic mass is 32.1. The standard InChI is InChI=1S/C12H20N4O2S/c1-18-7-6-15-12-16-10(13)9(19-12)11(17)14-5-4-8-2-3-8/h8H,2-7,13H2,1H3,(H,14,17)(H,15,16). The summed E-state index contributed by atoms with van der Waals surface area (Å²) in [6.07, 6.45) is 3.65. The van der Waals surface area contributed by atoms with E-state index in [0.717, 1.165) is 12.3 Å². The van der Waals surface area contributed by atoms with E-state index in [9.17, 15) is 4.79 Å². The molecule has 19 heavy (non-hydrogen) atoms. The van der Waals surface area contributed by atoms with Gasteiger partial charge in [0.2, 0.25) is 0 Å². The molecule has 106 valence electrons. The molecule has 7 heteroatoms. The molecule has 6 nitrogen and oxygen atoms in total. The second-order valence-corrected chi connectivity index (χ2v) is 5.64. The predicted molar refractivity (Wildman–Crippen MR) is 76.6 cm³/mol. The van der Waals surface area contributed by atoms with Crippen molar-refractivity contribution in [3.63, 3.8) is 0 Å². The van der Waals surface area contributed by atoms with E-state index in [1.165, 1.54) is 24.2 Å². The minimum Gasteiger partial charge on any atom is -0.383 e. The Balaban J connectivity index is 1.81. The van der Waals surface area contributed by atoms with Crippen LogP contribution < -0.4 is 16.4 Å². The molecule has 0 spiro atoms. The SMILES string of the molecule is COCCNc1nc(N)c(C(=O)NCCC2CC2)s1. The lowest BCUT2D eigenvalue weighted by Crippen LogP contribution is -2.24. The smallest absolute Gasteiger partial charge is 0.265 e. The molecule has 1 aromatic heterocycles. The zero-order valence-electron chi connectivity index (χ0n) is 11.1. The van der Waals surface area contributed by atoms with Crippen LogP contribution in [0.1, 0.15) is 28.9 Å². The zero-order chi connectivity index (χ0) is 13.7. The molecule has 1 saturated carbocycles. The van der Waals surface area contributed by atoms with Crippen LogP contribution in [0.4, 0.5) is 10.9 Å². The maximum atomic E-state index is 11.9. The molecule has 0 unspecified atom stereocenters. The number of hydrogen-bond acceptors (Lipinski definition) is 6. The van der Waals surface area contributed by atoms with Crippen molar-refractivity contribution < 1.29 is 9.53 Å². The Morgan fingerprint density at radius 2 is 2.32 bits per heavy atom. The lowest BCUT2D eigenvalue weighted by molar-refractivity contribution is 0.0957. The predicted octanol–water partition coefficient (Wildman–Crippen LogP) is 1.31. The number of nitrogen functional groups attached to an aromatic ring is 1. The van der Waals surface area contributed by atoms with E-state index in [4.69, 9.17) is 10.5 Å². The first-order valence-electron chi connectivity index (χ1n) is 6.48. The van der Waals surface area contributed by atoms with Gasteiger partial charge in [-0.25, -0.2) is 4.98 Å². The van der Waals surface area contributed by atoms with Gasteiger partial charge in [0.05, 0.1) is 6.61 Å². The van der Waals surface area contributed by atoms with E-state index < -0.39 is 0 Å². The Bertz CT molecular complexity index is 431. The number of rotatable bonds is 8. The number of nitrogens with zero attached hydrogens (tertiary/aromatic N) is 1. The molecule has 0 radical (unpaired) electrons. The summed E-state index contributed by atoms with van der Waals surface area (Å²) in [5.74, 6) is 0.967. The summed E-state index contributed by atoms with van der Waals surface area (Å²) in [4.78, 5) is 16.5. The summed E-state index contributed by atoms with van der Waals surface area (Å²) >= 11 is 1.28. The Hall–Kier alpha value is -1.34. The minimum absolute atomic E-state index is 0.129. The van der Waals surface area contributed by atoms with E-state index in [0.29, 0.717) is 29.7 Å². The molecule has 1 heterocycles. The van der Waals surface area contributed by atoms with Crippen LogP contribution in [-0.4, -0.2) is 37.7 Å². The Morgan fingerprint density at radius 1 is 1.53 bits per heavy atom. The van der Waals surface area contributed by atoms with Crippen molar-refractivity contribution in [2.75, 3.05) is 37.9 Å². The van der Waals surface area contributed by atoms with Gasteiger partial charge in [0.15, 0.2) is 5.13 Å². The summed E-state index contributed by atoms with van der Waals surface area (Å²) in [5, 5.41) is 6.61. The monoisotopic (exact) mass is 284 g/mol. The van der Waals surface area contributed by atoms with Crippen LogP contribution in [0.3, 0.4) is 0 Å². The second kappa shape index (κ2) is 6.72. The van der Waals surface area contributed by atoms with Crippen molar-refractivity contribution in [2.45, 2.75) is 19.3 Å². The lowest BCUT2D eigenvalue weighted by atomic mass is 10.3. The topological polar surface area (TPSA) is 89.3 Å². The molecule has 1 aliphatic rings. The van der Waals surface area contributed by atoms with Gasteiger partial charge < -0.3 is 21.1 Å². The Morgan fingerprint density at radius 3 is 3.00 bits per heavy atom. The molecule has 1 amide bonds. The average Bonchev–Trinajstić information content (AvgIpc) is 3.12. The highest BCUT2D eigenvalue weighted by Gasteiger charge is 2.21. The summed E-state index contributed by atoms with van der Waals surface area (Å²) in [6.45, 7) is 1.95. The molecule has 0 atom stereocenters. The van der Waals surface area contributed by atoms with Gasteiger partial charge in [-0.1, -0.05) is 24.2 Å². The molecular formula is C12H20N4O2S. The van der Waals surface area contributed by atoms with E-state index in [1.54, 1.807) is 7.11 Å². The number of thiazole rings is 1. The number of ether oxygens (including phenoxy) is 1. The lowest BCUT2D eigenvalue weighted by Gasteiger charge is -2.02. The number of carbonyl (C=O) groups is 1. The minimum atomic E-state index is -0.129. The highest BCUT2D eigenvalue weighted by Crippen LogP contribution is 2.31. The van der Waals surface area contributed by atoms with Crippen LogP contribution in [0.5, 0.6) is 0 Å². The summed E-state index contributed by atoms with van der Waals surface area (Å²) < 4.78 is 4.93. The molecule has 1 aliphatic carbocycles. The maximum Gasteiger partial charge on any atom is 0.265 e. The molecule has 1 aromatic rings. The van der Waals surface area contributed by atoms with E-state index in [1.807, 2.05) is 0 Å². The quantitative estimate of drug-likeness (QED) is 0.626. The third-order valence-electron chi connectivity index (χ3n) is 2.98. The van der Waals surface area contributed by atoms with Gasteiger partial charge in [-0.3, -0.25) is 4.79 Å². The molecule has 2 rings (SSSR count). The first-order chi connectivity index (χ1) is 9.20. The van der Waals surface area contributed by atoms with Gasteiger partial charge >= 0.3 is 0 Å². The number of hydrogen-bond donors (Lipinski definition) is 3. The highest BCUT2D eigenvalue weighted by molar-refractivity contribution is 7.18. The van der Waals surface area contributed by atoms with Crippen LogP contribution in [-0.2, 0) is 4.74 Å². The molecule has 0 bridgehead atoms. The van der Waals surface area contributed by atoms with Crippen LogP contribution in [0.25, 0.3) is 0 Å². The van der Waals surface area contributed by atoms with E-state index in [-0.39, 0.29) is 11.7 Å². The van der Waals surface area contributed by atoms with Crippen molar-refractivity contribution in [1.82, 2.24) is 10.3 Å². The van der Waals surface area contributed by atoms with Crippen LogP contribution in [0, 0.1) is 5.92 Å². The Labute approximate surface area is 116 Å². The van der Waals surface area contributed by atoms with Gasteiger partial charge in [-0.2, -0.15) is 0 Å². The van der Waals surface area contributed by atoms with E-state index in [2.05, 4.69) is 15.6 Å². The van der Waals surface area contributed by atoms with Crippen LogP contribution >= 0.6 is 11.3 Å². The maximum absolute atomic E-state index is 11.9. The molecule has 0 aromatic carbocycles. The first-order valence-corrected chi connectivity index (χ1v) is 7.29. The second-order valence-electron chi connectivity index (χ2n) is 4.64.